The number of hydrogen-bond donors (Lipinski definition) is 0. The molecule has 0 unspecified atom stereocenters. The maximum absolute atomic E-state index is 9.93. The van der Waals surface area contributed by atoms with Gasteiger partial charge in [0, 0.05) is 11.0 Å². The van der Waals surface area contributed by atoms with E-state index in [0.29, 0.717) is 10.8 Å². The minimum Gasteiger partial charge on any atom is -0.344 e. The second kappa shape index (κ2) is 3.47. The third kappa shape index (κ3) is 2.03. The molecule has 1 heterocycles. The van der Waals surface area contributed by atoms with Crippen LogP contribution in [0.3, 0.4) is 0 Å². The lowest BCUT2D eigenvalue weighted by Crippen LogP contribution is -1.82. The Balaban J connectivity index is 2.30. The molecule has 0 N–H and O–H groups in total. The van der Waals surface area contributed by atoms with Crippen molar-refractivity contribution in [2.24, 2.45) is 0 Å². The van der Waals surface area contributed by atoms with Crippen LogP contribution in [0.4, 0.5) is 0 Å². The quantitative estimate of drug-likeness (QED) is 0.584. The molecule has 9 heavy (non-hydrogen) atoms. The molecule has 0 saturated heterocycles. The summed E-state index contributed by atoms with van der Waals surface area (Å²) in [6, 6.07) is 0. The Hall–Kier alpha value is -0.550. The van der Waals surface area contributed by atoms with Crippen LogP contribution in [0.5, 0.6) is 0 Å². The first-order valence-corrected chi connectivity index (χ1v) is 3.40. The molecular weight excluding hydrogens is 140 g/mol. The van der Waals surface area contributed by atoms with Crippen LogP contribution in [-0.2, 0) is 5.11 Å². The van der Waals surface area contributed by atoms with E-state index in [1.165, 1.54) is 18.0 Å². The van der Waals surface area contributed by atoms with E-state index in [0.717, 1.165) is 0 Å². The van der Waals surface area contributed by atoms with Crippen LogP contribution in [0.15, 0.2) is 15.8 Å². The average Bonchev–Trinajstić information content (AvgIpc) is 2.34. The van der Waals surface area contributed by atoms with Crippen LogP contribution in [0.25, 0.3) is 0 Å². The van der Waals surface area contributed by atoms with Gasteiger partial charge in [-0.05, 0) is 0 Å². The topological polar surface area (TPSA) is 58.8 Å². The molecule has 5 heteroatoms. The summed E-state index contributed by atoms with van der Waals surface area (Å²) >= 11 is 1.35. The van der Waals surface area contributed by atoms with Crippen LogP contribution >= 0.6 is 11.8 Å². The van der Waals surface area contributed by atoms with Crippen LogP contribution in [0, 0.1) is 0 Å². The zero-order chi connectivity index (χ0) is 6.53. The van der Waals surface area contributed by atoms with Gasteiger partial charge in [0.15, 0.2) is 11.3 Å². The Bertz CT molecular complexity index is 154. The smallest absolute Gasteiger partial charge is 0.160 e. The fraction of sp³-hybridized carbons (Fsp3) is 0.500. The minimum absolute atomic E-state index is 0.0997. The van der Waals surface area contributed by atoms with E-state index >= 15 is 0 Å². The van der Waals surface area contributed by atoms with E-state index in [4.69, 9.17) is 0 Å². The summed E-state index contributed by atoms with van der Waals surface area (Å²) < 4.78 is 4.43. The molecule has 0 saturated carbocycles. The summed E-state index contributed by atoms with van der Waals surface area (Å²) in [5.74, 6) is 0.522. The van der Waals surface area contributed by atoms with Gasteiger partial charge in [-0.2, -0.15) is 0 Å². The van der Waals surface area contributed by atoms with Crippen LogP contribution < -0.4 is 0 Å². The molecule has 4 nitrogen and oxygen atoms in total. The summed E-state index contributed by atoms with van der Waals surface area (Å²) in [7, 11) is 0. The molecular formula is C4H5N2O2S. The van der Waals surface area contributed by atoms with Gasteiger partial charge in [0.05, 0.1) is 6.61 Å². The molecule has 0 amide bonds. The fourth-order valence-electron chi connectivity index (χ4n) is 0.365. The van der Waals surface area contributed by atoms with Gasteiger partial charge in [0.1, 0.15) is 0 Å². The van der Waals surface area contributed by atoms with Crippen molar-refractivity contribution in [3.63, 3.8) is 0 Å². The lowest BCUT2D eigenvalue weighted by Gasteiger charge is -1.85. The Kier molecular flexibility index (Phi) is 2.53. The summed E-state index contributed by atoms with van der Waals surface area (Å²) in [6.07, 6.45) is 1.42. The van der Waals surface area contributed by atoms with Crippen LogP contribution in [-0.4, -0.2) is 22.7 Å². The molecule has 1 aromatic heterocycles. The normalized spacial score (nSPS) is 9.89. The standard InChI is InChI=1S/C4H5N2O2S/c7-1-2-9-4-3-8-6-5-4/h3H,1-2H2. The number of thioether (sulfide) groups is 1. The lowest BCUT2D eigenvalue weighted by molar-refractivity contribution is 0.215. The maximum atomic E-state index is 9.93. The van der Waals surface area contributed by atoms with Gasteiger partial charge in [-0.1, -0.05) is 11.8 Å². The lowest BCUT2D eigenvalue weighted by atomic mass is 10.9. The van der Waals surface area contributed by atoms with Crippen molar-refractivity contribution in [2.75, 3.05) is 12.4 Å². The molecule has 1 aromatic rings. The van der Waals surface area contributed by atoms with Gasteiger partial charge in [0.2, 0.25) is 0 Å². The van der Waals surface area contributed by atoms with Gasteiger partial charge in [-0.25, -0.2) is 5.11 Å². The molecule has 0 fully saturated rings. The zero-order valence-electron chi connectivity index (χ0n) is 4.61. The first-order valence-electron chi connectivity index (χ1n) is 2.41. The highest BCUT2D eigenvalue weighted by Gasteiger charge is 1.95. The van der Waals surface area contributed by atoms with E-state index in [2.05, 4.69) is 14.9 Å². The van der Waals surface area contributed by atoms with Crippen molar-refractivity contribution in [2.45, 2.75) is 5.03 Å². The molecule has 0 aliphatic rings. The summed E-state index contributed by atoms with van der Waals surface area (Å²) in [4.78, 5) is 0. The number of nitrogens with zero attached hydrogens (tertiary/aromatic N) is 2. The average molecular weight is 145 g/mol. The number of hydrogen-bond acceptors (Lipinski definition) is 4. The molecule has 0 aliphatic carbocycles. The number of aromatic nitrogens is 2. The largest absolute Gasteiger partial charge is 0.344 e. The van der Waals surface area contributed by atoms with Crippen LogP contribution in [0.2, 0.25) is 0 Å². The van der Waals surface area contributed by atoms with Crippen molar-refractivity contribution < 1.29 is 9.63 Å². The number of rotatable bonds is 3. The van der Waals surface area contributed by atoms with Crippen LogP contribution in [0.1, 0.15) is 0 Å². The minimum atomic E-state index is -0.0997. The third-order valence-corrected chi connectivity index (χ3v) is 1.52. The predicted octanol–water partition coefficient (Wildman–Crippen LogP) is 0.592. The van der Waals surface area contributed by atoms with Crippen molar-refractivity contribution in [1.82, 2.24) is 10.4 Å². The second-order valence-corrected chi connectivity index (χ2v) is 2.41. The molecule has 1 rings (SSSR count). The molecule has 1 radical (unpaired) electrons. The summed E-state index contributed by atoms with van der Waals surface area (Å²) in [5.41, 5.74) is 0. The molecule has 0 atom stereocenters. The molecule has 0 bridgehead atoms. The Morgan fingerprint density at radius 2 is 2.67 bits per heavy atom. The third-order valence-electron chi connectivity index (χ3n) is 0.673. The highest BCUT2D eigenvalue weighted by atomic mass is 32.2. The maximum Gasteiger partial charge on any atom is 0.160 e. The van der Waals surface area contributed by atoms with Gasteiger partial charge in [-0.15, -0.1) is 5.10 Å². The molecule has 0 aliphatic heterocycles. The van der Waals surface area contributed by atoms with Crippen molar-refractivity contribution in [1.29, 1.82) is 0 Å². The molecule has 0 aromatic carbocycles. The summed E-state index contributed by atoms with van der Waals surface area (Å²) in [5, 5.41) is 17.4. The van der Waals surface area contributed by atoms with E-state index in [-0.39, 0.29) is 6.61 Å². The Labute approximate surface area is 56.2 Å². The van der Waals surface area contributed by atoms with E-state index in [1.54, 1.807) is 0 Å². The van der Waals surface area contributed by atoms with Crippen molar-refractivity contribution >= 4 is 11.8 Å². The first-order chi connectivity index (χ1) is 4.43. The van der Waals surface area contributed by atoms with Gasteiger partial charge < -0.3 is 4.52 Å². The van der Waals surface area contributed by atoms with Gasteiger partial charge >= 0.3 is 0 Å². The van der Waals surface area contributed by atoms with Crippen molar-refractivity contribution in [3.05, 3.63) is 6.26 Å². The Morgan fingerprint density at radius 3 is 3.22 bits per heavy atom. The van der Waals surface area contributed by atoms with E-state index in [9.17, 15) is 5.11 Å². The fourth-order valence-corrected chi connectivity index (χ4v) is 0.860. The van der Waals surface area contributed by atoms with E-state index < -0.39 is 0 Å². The Morgan fingerprint density at radius 1 is 1.78 bits per heavy atom. The second-order valence-electron chi connectivity index (χ2n) is 1.30. The van der Waals surface area contributed by atoms with Crippen molar-refractivity contribution in [3.8, 4) is 0 Å². The van der Waals surface area contributed by atoms with E-state index in [1.807, 2.05) is 0 Å². The highest BCUT2D eigenvalue weighted by Crippen LogP contribution is 2.11. The monoisotopic (exact) mass is 145 g/mol. The van der Waals surface area contributed by atoms with Gasteiger partial charge in [-0.3, -0.25) is 0 Å². The van der Waals surface area contributed by atoms with Gasteiger partial charge in [0.25, 0.3) is 0 Å². The summed E-state index contributed by atoms with van der Waals surface area (Å²) in [6.45, 7) is -0.0997. The predicted molar refractivity (Wildman–Crippen MR) is 30.6 cm³/mol. The molecule has 49 valence electrons. The molecule has 0 spiro atoms. The highest BCUT2D eigenvalue weighted by molar-refractivity contribution is 7.99. The zero-order valence-corrected chi connectivity index (χ0v) is 5.43. The SMILES string of the molecule is [O]CCSc1conn1. The first kappa shape index (κ1) is 6.57.